The molecule has 0 saturated carbocycles. The SMILES string of the molecule is CCCCC/C=C/C(=O)CCc1ccc(OCc2ccccc2OC(C)=O)c(OC)c1. The van der Waals surface area contributed by atoms with Crippen molar-refractivity contribution in [1.29, 1.82) is 0 Å². The zero-order chi connectivity index (χ0) is 22.5. The summed E-state index contributed by atoms with van der Waals surface area (Å²) in [4.78, 5) is 23.3. The van der Waals surface area contributed by atoms with Crippen molar-refractivity contribution in [3.63, 3.8) is 0 Å². The van der Waals surface area contributed by atoms with Crippen LogP contribution in [0.3, 0.4) is 0 Å². The Balaban J connectivity index is 1.93. The van der Waals surface area contributed by atoms with Crippen molar-refractivity contribution < 1.29 is 23.8 Å². The maximum absolute atomic E-state index is 12.1. The van der Waals surface area contributed by atoms with Gasteiger partial charge in [-0.15, -0.1) is 0 Å². The topological polar surface area (TPSA) is 61.8 Å². The molecule has 0 aliphatic heterocycles. The van der Waals surface area contributed by atoms with Gasteiger partial charge in [-0.1, -0.05) is 50.1 Å². The van der Waals surface area contributed by atoms with E-state index in [4.69, 9.17) is 14.2 Å². The second-order valence-electron chi connectivity index (χ2n) is 7.34. The highest BCUT2D eigenvalue weighted by Gasteiger charge is 2.10. The van der Waals surface area contributed by atoms with Crippen LogP contribution in [0.5, 0.6) is 17.2 Å². The average Bonchev–Trinajstić information content (AvgIpc) is 2.76. The minimum absolute atomic E-state index is 0.137. The van der Waals surface area contributed by atoms with Gasteiger partial charge in [0.25, 0.3) is 0 Å². The summed E-state index contributed by atoms with van der Waals surface area (Å²) in [7, 11) is 1.59. The molecule has 166 valence electrons. The summed E-state index contributed by atoms with van der Waals surface area (Å²) in [5.41, 5.74) is 1.78. The number of methoxy groups -OCH3 is 1. The Bertz CT molecular complexity index is 885. The van der Waals surface area contributed by atoms with Gasteiger partial charge in [-0.25, -0.2) is 0 Å². The molecule has 31 heavy (non-hydrogen) atoms. The monoisotopic (exact) mass is 424 g/mol. The first-order valence-corrected chi connectivity index (χ1v) is 10.8. The lowest BCUT2D eigenvalue weighted by Gasteiger charge is -2.14. The molecular formula is C26H32O5. The van der Waals surface area contributed by atoms with Gasteiger partial charge in [-0.2, -0.15) is 0 Å². The lowest BCUT2D eigenvalue weighted by atomic mass is 10.1. The number of benzene rings is 2. The molecule has 0 unspecified atom stereocenters. The van der Waals surface area contributed by atoms with Crippen LogP contribution >= 0.6 is 0 Å². The molecular weight excluding hydrogens is 392 g/mol. The molecule has 0 bridgehead atoms. The summed E-state index contributed by atoms with van der Waals surface area (Å²) in [6, 6.07) is 12.9. The molecule has 0 fully saturated rings. The van der Waals surface area contributed by atoms with Crippen molar-refractivity contribution >= 4 is 11.8 Å². The van der Waals surface area contributed by atoms with Crippen molar-refractivity contribution in [2.45, 2.75) is 59.0 Å². The first-order chi connectivity index (χ1) is 15.0. The fourth-order valence-corrected chi connectivity index (χ4v) is 3.10. The third kappa shape index (κ3) is 8.67. The van der Waals surface area contributed by atoms with Gasteiger partial charge >= 0.3 is 5.97 Å². The summed E-state index contributed by atoms with van der Waals surface area (Å²) in [5.74, 6) is 1.43. The van der Waals surface area contributed by atoms with Gasteiger partial charge in [0.05, 0.1) is 7.11 Å². The molecule has 2 rings (SSSR count). The average molecular weight is 425 g/mol. The highest BCUT2D eigenvalue weighted by molar-refractivity contribution is 5.89. The van der Waals surface area contributed by atoms with Crippen LogP contribution in [-0.4, -0.2) is 18.9 Å². The Hall–Kier alpha value is -3.08. The number of unbranched alkanes of at least 4 members (excludes halogenated alkanes) is 3. The summed E-state index contributed by atoms with van der Waals surface area (Å²) in [6.07, 6.45) is 9.25. The van der Waals surface area contributed by atoms with Crippen molar-refractivity contribution in [3.8, 4) is 17.2 Å². The van der Waals surface area contributed by atoms with E-state index in [2.05, 4.69) is 6.92 Å². The first kappa shape index (κ1) is 24.2. The summed E-state index contributed by atoms with van der Waals surface area (Å²) in [6.45, 7) is 3.77. The lowest BCUT2D eigenvalue weighted by molar-refractivity contribution is -0.132. The predicted molar refractivity (Wildman–Crippen MR) is 122 cm³/mol. The molecule has 0 aliphatic carbocycles. The van der Waals surface area contributed by atoms with Crippen molar-refractivity contribution in [2.75, 3.05) is 7.11 Å². The number of allylic oxidation sites excluding steroid dienone is 2. The molecule has 0 heterocycles. The van der Waals surface area contributed by atoms with Gasteiger partial charge in [0.2, 0.25) is 0 Å². The number of rotatable bonds is 13. The third-order valence-corrected chi connectivity index (χ3v) is 4.78. The molecule has 0 radical (unpaired) electrons. The van der Waals surface area contributed by atoms with Crippen molar-refractivity contribution in [1.82, 2.24) is 0 Å². The smallest absolute Gasteiger partial charge is 0.308 e. The molecule has 0 aromatic heterocycles. The van der Waals surface area contributed by atoms with E-state index < -0.39 is 0 Å². The quantitative estimate of drug-likeness (QED) is 0.175. The van der Waals surface area contributed by atoms with E-state index in [0.29, 0.717) is 30.1 Å². The van der Waals surface area contributed by atoms with E-state index in [9.17, 15) is 9.59 Å². The van der Waals surface area contributed by atoms with Crippen LogP contribution in [0.25, 0.3) is 0 Å². The summed E-state index contributed by atoms with van der Waals surface area (Å²) in [5, 5.41) is 0. The summed E-state index contributed by atoms with van der Waals surface area (Å²) >= 11 is 0. The van der Waals surface area contributed by atoms with E-state index in [1.165, 1.54) is 19.8 Å². The predicted octanol–water partition coefficient (Wildman–Crippen LogP) is 5.84. The van der Waals surface area contributed by atoms with Crippen molar-refractivity contribution in [3.05, 3.63) is 65.7 Å². The van der Waals surface area contributed by atoms with E-state index in [0.717, 1.165) is 24.0 Å². The number of para-hydroxylation sites is 1. The maximum atomic E-state index is 12.1. The van der Waals surface area contributed by atoms with Crippen LogP contribution in [-0.2, 0) is 22.6 Å². The Labute approximate surface area is 185 Å². The molecule has 0 spiro atoms. The van der Waals surface area contributed by atoms with Gasteiger partial charge in [0, 0.05) is 18.9 Å². The van der Waals surface area contributed by atoms with Crippen LogP contribution < -0.4 is 14.2 Å². The fourth-order valence-electron chi connectivity index (χ4n) is 3.10. The Kier molecular flexibility index (Phi) is 10.4. The number of hydrogen-bond donors (Lipinski definition) is 0. The van der Waals surface area contributed by atoms with Crippen LogP contribution in [0.4, 0.5) is 0 Å². The molecule has 0 amide bonds. The molecule has 0 aliphatic rings. The van der Waals surface area contributed by atoms with E-state index in [1.54, 1.807) is 25.3 Å². The standard InChI is InChI=1S/C26H32O5/c1-4-5-6-7-8-12-23(28)16-14-21-15-17-25(26(18-21)29-3)30-19-22-11-9-10-13-24(22)31-20(2)27/h8-13,15,17-18H,4-7,14,16,19H2,1-3H3/b12-8+. The van der Waals surface area contributed by atoms with Crippen LogP contribution in [0.15, 0.2) is 54.6 Å². The highest BCUT2D eigenvalue weighted by Crippen LogP contribution is 2.30. The first-order valence-electron chi connectivity index (χ1n) is 10.8. The number of carbonyl (C=O) groups is 2. The molecule has 0 atom stereocenters. The summed E-state index contributed by atoms with van der Waals surface area (Å²) < 4.78 is 16.6. The Morgan fingerprint density at radius 1 is 1.00 bits per heavy atom. The number of hydrogen-bond acceptors (Lipinski definition) is 5. The number of ketones is 1. The number of ether oxygens (including phenoxy) is 3. The molecule has 0 N–H and O–H groups in total. The molecule has 2 aromatic carbocycles. The van der Waals surface area contributed by atoms with Crippen LogP contribution in [0.1, 0.15) is 57.1 Å². The van der Waals surface area contributed by atoms with E-state index >= 15 is 0 Å². The van der Waals surface area contributed by atoms with Crippen LogP contribution in [0.2, 0.25) is 0 Å². The molecule has 5 nitrogen and oxygen atoms in total. The minimum Gasteiger partial charge on any atom is -0.493 e. The Morgan fingerprint density at radius 2 is 1.81 bits per heavy atom. The second kappa shape index (κ2) is 13.3. The maximum Gasteiger partial charge on any atom is 0.308 e. The zero-order valence-corrected chi connectivity index (χ0v) is 18.7. The number of esters is 1. The van der Waals surface area contributed by atoms with Gasteiger partial charge < -0.3 is 14.2 Å². The van der Waals surface area contributed by atoms with Gasteiger partial charge in [0.15, 0.2) is 17.3 Å². The van der Waals surface area contributed by atoms with Crippen LogP contribution in [0, 0.1) is 0 Å². The Morgan fingerprint density at radius 3 is 2.55 bits per heavy atom. The van der Waals surface area contributed by atoms with Crippen molar-refractivity contribution in [2.24, 2.45) is 0 Å². The number of carbonyl (C=O) groups excluding carboxylic acids is 2. The zero-order valence-electron chi connectivity index (χ0n) is 18.7. The highest BCUT2D eigenvalue weighted by atomic mass is 16.5. The molecule has 0 saturated heterocycles. The van der Waals surface area contributed by atoms with E-state index in [-0.39, 0.29) is 18.4 Å². The van der Waals surface area contributed by atoms with Gasteiger partial charge in [0.1, 0.15) is 12.4 Å². The van der Waals surface area contributed by atoms with Gasteiger partial charge in [-0.3, -0.25) is 9.59 Å². The fraction of sp³-hybridized carbons (Fsp3) is 0.385. The lowest BCUT2D eigenvalue weighted by Crippen LogP contribution is -2.06. The molecule has 2 aromatic rings. The minimum atomic E-state index is -0.375. The number of aryl methyl sites for hydroxylation is 1. The molecule has 5 heteroatoms. The second-order valence-corrected chi connectivity index (χ2v) is 7.34. The largest absolute Gasteiger partial charge is 0.493 e. The van der Waals surface area contributed by atoms with E-state index in [1.807, 2.05) is 36.4 Å². The van der Waals surface area contributed by atoms with Gasteiger partial charge in [-0.05, 0) is 49.1 Å². The third-order valence-electron chi connectivity index (χ3n) is 4.78. The normalized spacial score (nSPS) is 10.8.